The van der Waals surface area contributed by atoms with Crippen LogP contribution in [0.15, 0.2) is 46.9 Å². The van der Waals surface area contributed by atoms with Crippen LogP contribution in [0.25, 0.3) is 0 Å². The number of phenols is 1. The van der Waals surface area contributed by atoms with Gasteiger partial charge in [0.05, 0.1) is 12.7 Å². The second-order valence-electron chi connectivity index (χ2n) is 16.7. The lowest BCUT2D eigenvalue weighted by Gasteiger charge is -2.52. The van der Waals surface area contributed by atoms with Gasteiger partial charge in [0.1, 0.15) is 24.2 Å². The number of aliphatic hydroxyl groups is 3. The number of aromatic amines is 1. The summed E-state index contributed by atoms with van der Waals surface area (Å²) in [5, 5.41) is 45.9. The number of furan rings is 1. The molecule has 6 atom stereocenters. The van der Waals surface area contributed by atoms with Gasteiger partial charge in [0.15, 0.2) is 11.5 Å². The van der Waals surface area contributed by atoms with Crippen LogP contribution in [0.2, 0.25) is 0 Å². The number of aliphatic hydroxyl groups excluding tert-OH is 3. The van der Waals surface area contributed by atoms with Gasteiger partial charge in [-0.3, -0.25) is 0 Å². The van der Waals surface area contributed by atoms with Gasteiger partial charge in [-0.15, -0.1) is 0 Å². The van der Waals surface area contributed by atoms with Crippen molar-refractivity contribution in [2.45, 2.75) is 134 Å². The third-order valence-corrected chi connectivity index (χ3v) is 13.4. The lowest BCUT2D eigenvalue weighted by molar-refractivity contribution is 0.0440. The first kappa shape index (κ1) is 38.2. The number of rotatable bonds is 19. The lowest BCUT2D eigenvalue weighted by atomic mass is 9.52. The van der Waals surface area contributed by atoms with E-state index >= 15 is 0 Å². The molecule has 8 rings (SSSR count). The maximum atomic E-state index is 11.6. The molecule has 3 aromatic rings. The molecule has 0 aliphatic heterocycles. The first-order chi connectivity index (χ1) is 25.8. The quantitative estimate of drug-likeness (QED) is 0.0504. The summed E-state index contributed by atoms with van der Waals surface area (Å²) in [6.45, 7) is 3.90. The molecule has 2 heterocycles. The van der Waals surface area contributed by atoms with E-state index < -0.39 is 12.2 Å². The fraction of sp³-hybridized carbons (Fsp3) is 0.636. The van der Waals surface area contributed by atoms with E-state index in [0.29, 0.717) is 37.0 Å². The zero-order valence-electron chi connectivity index (χ0n) is 31.8. The highest BCUT2D eigenvalue weighted by Crippen LogP contribution is 2.72. The molecule has 1 aromatic carbocycles. The highest BCUT2D eigenvalue weighted by molar-refractivity contribution is 5.47. The molecular weight excluding hydrogens is 666 g/mol. The Bertz CT molecular complexity index is 1690. The number of H-pyrrole nitrogens is 1. The minimum atomic E-state index is -0.894. The summed E-state index contributed by atoms with van der Waals surface area (Å²) in [4.78, 5) is 3.75. The van der Waals surface area contributed by atoms with Crippen molar-refractivity contribution in [2.24, 2.45) is 22.5 Å². The van der Waals surface area contributed by atoms with Crippen molar-refractivity contribution in [3.8, 4) is 11.5 Å². The Balaban J connectivity index is 1.03. The molecule has 9 heteroatoms. The largest absolute Gasteiger partial charge is 0.504 e. The summed E-state index contributed by atoms with van der Waals surface area (Å²) in [5.74, 6) is 3.33. The maximum absolute atomic E-state index is 11.6. The minimum absolute atomic E-state index is 0.00833. The Morgan fingerprint density at radius 1 is 1.00 bits per heavy atom. The van der Waals surface area contributed by atoms with Gasteiger partial charge in [-0.25, -0.2) is 0 Å². The van der Waals surface area contributed by atoms with Gasteiger partial charge in [0.2, 0.25) is 0 Å². The number of aromatic nitrogens is 1. The zero-order chi connectivity index (χ0) is 37.0. The monoisotopic (exact) mass is 729 g/mol. The number of aromatic hydroxyl groups is 1. The molecule has 5 aliphatic rings. The molecule has 0 amide bonds. The van der Waals surface area contributed by atoms with Crippen LogP contribution in [0.1, 0.15) is 142 Å². The topological polar surface area (TPSA) is 157 Å². The summed E-state index contributed by atoms with van der Waals surface area (Å²) in [5.41, 5.74) is 11.1. The molecule has 53 heavy (non-hydrogen) atoms. The number of aryl methyl sites for hydroxylation is 3. The van der Waals surface area contributed by atoms with E-state index in [0.717, 1.165) is 80.0 Å². The van der Waals surface area contributed by atoms with Gasteiger partial charge in [-0.2, -0.15) is 0 Å². The molecule has 0 saturated heterocycles. The number of allylic oxidation sites excluding steroid dienone is 2. The Hall–Kier alpha value is -3.08. The maximum Gasteiger partial charge on any atom is 0.161 e. The van der Waals surface area contributed by atoms with E-state index in [9.17, 15) is 20.4 Å². The first-order valence-electron chi connectivity index (χ1n) is 20.6. The SMILES string of the molecule is CC(O)CNCC1c2cc(C(O)COc3cc(CCc4cc(CO)c(CCCCCCCN)o4)ccc3O)[nH]c2C2C=CC13CCCC3C21CCCC1. The van der Waals surface area contributed by atoms with E-state index in [2.05, 4.69) is 28.5 Å². The smallest absolute Gasteiger partial charge is 0.161 e. The Labute approximate surface area is 315 Å². The highest BCUT2D eigenvalue weighted by Gasteiger charge is 2.63. The summed E-state index contributed by atoms with van der Waals surface area (Å²) in [7, 11) is 0. The molecule has 2 aromatic heterocycles. The average molecular weight is 730 g/mol. The van der Waals surface area contributed by atoms with Crippen LogP contribution in [-0.2, 0) is 25.9 Å². The molecule has 2 fully saturated rings. The van der Waals surface area contributed by atoms with E-state index in [1.54, 1.807) is 6.07 Å². The van der Waals surface area contributed by atoms with Crippen LogP contribution in [0.4, 0.5) is 0 Å². The number of hydrogen-bond acceptors (Lipinski definition) is 8. The summed E-state index contributed by atoms with van der Waals surface area (Å²) in [6.07, 6.45) is 20.3. The number of hydrogen-bond donors (Lipinski definition) is 7. The van der Waals surface area contributed by atoms with Crippen molar-refractivity contribution >= 4 is 0 Å². The molecule has 290 valence electrons. The van der Waals surface area contributed by atoms with Gasteiger partial charge >= 0.3 is 0 Å². The predicted molar refractivity (Wildman–Crippen MR) is 207 cm³/mol. The second-order valence-corrected chi connectivity index (χ2v) is 16.7. The normalized spacial score (nSPS) is 25.1. The number of unbranched alkanes of at least 4 members (excludes halogenated alkanes) is 4. The van der Waals surface area contributed by atoms with Gasteiger partial charge in [0.25, 0.3) is 0 Å². The number of ether oxygens (including phenoxy) is 1. The van der Waals surface area contributed by atoms with Crippen LogP contribution >= 0.6 is 0 Å². The summed E-state index contributed by atoms with van der Waals surface area (Å²) < 4.78 is 12.3. The fourth-order valence-corrected chi connectivity index (χ4v) is 10.9. The van der Waals surface area contributed by atoms with Crippen LogP contribution in [-0.4, -0.2) is 57.8 Å². The number of benzene rings is 1. The van der Waals surface area contributed by atoms with Crippen LogP contribution in [0.3, 0.4) is 0 Å². The Morgan fingerprint density at radius 2 is 1.81 bits per heavy atom. The van der Waals surface area contributed by atoms with Gasteiger partial charge in [-0.1, -0.05) is 56.7 Å². The van der Waals surface area contributed by atoms with E-state index in [1.165, 1.54) is 56.2 Å². The number of phenolic OH excluding ortho intramolecular Hbond substituents is 1. The van der Waals surface area contributed by atoms with Crippen LogP contribution in [0, 0.1) is 16.7 Å². The van der Waals surface area contributed by atoms with Crippen LogP contribution in [0.5, 0.6) is 11.5 Å². The molecule has 6 unspecified atom stereocenters. The van der Waals surface area contributed by atoms with Crippen molar-refractivity contribution in [3.05, 3.63) is 82.1 Å². The van der Waals surface area contributed by atoms with Crippen molar-refractivity contribution in [1.29, 1.82) is 0 Å². The molecule has 2 saturated carbocycles. The summed E-state index contributed by atoms with van der Waals surface area (Å²) >= 11 is 0. The van der Waals surface area contributed by atoms with E-state index in [4.69, 9.17) is 14.9 Å². The van der Waals surface area contributed by atoms with Crippen molar-refractivity contribution in [2.75, 3.05) is 26.2 Å². The minimum Gasteiger partial charge on any atom is -0.504 e. The highest BCUT2D eigenvalue weighted by atomic mass is 16.5. The number of nitrogens with two attached hydrogens (primary N) is 1. The standard InChI is InChI=1S/C44H63N3O6/c1-29(49)25-46-26-35-33-24-36(47-42(33)34-16-20-44(35)19-9-11-41(44)43(34)17-6-7-18-43)38(51)28-52-40-22-30(13-15-37(40)50)12-14-32-23-31(27-48)39(53-32)10-5-3-2-4-8-21-45/h13,15-16,20,22-24,29,34-35,38,41,46-51H,2-12,14,17-19,21,25-28,45H2,1H3. The van der Waals surface area contributed by atoms with E-state index in [-0.39, 0.29) is 35.7 Å². The first-order valence-corrected chi connectivity index (χ1v) is 20.6. The zero-order valence-corrected chi connectivity index (χ0v) is 31.8. The molecule has 5 aliphatic carbocycles. The third-order valence-electron chi connectivity index (χ3n) is 13.4. The Morgan fingerprint density at radius 3 is 2.60 bits per heavy atom. The lowest BCUT2D eigenvalue weighted by Crippen LogP contribution is -2.46. The van der Waals surface area contributed by atoms with Gasteiger partial charge < -0.3 is 45.6 Å². The molecule has 2 bridgehead atoms. The van der Waals surface area contributed by atoms with Crippen molar-refractivity contribution in [3.63, 3.8) is 0 Å². The molecule has 8 N–H and O–H groups in total. The Kier molecular flexibility index (Phi) is 12.1. The fourth-order valence-electron chi connectivity index (χ4n) is 10.9. The average Bonchev–Trinajstić information content (AvgIpc) is 3.96. The van der Waals surface area contributed by atoms with Gasteiger partial charge in [-0.05, 0) is 111 Å². The molecule has 2 spiro atoms. The van der Waals surface area contributed by atoms with Crippen molar-refractivity contribution in [1.82, 2.24) is 10.3 Å². The molecule has 9 nitrogen and oxygen atoms in total. The predicted octanol–water partition coefficient (Wildman–Crippen LogP) is 7.22. The van der Waals surface area contributed by atoms with E-state index in [1.807, 2.05) is 25.1 Å². The third kappa shape index (κ3) is 7.75. The number of nitrogens with one attached hydrogen (secondary N) is 2. The van der Waals surface area contributed by atoms with Crippen LogP contribution < -0.4 is 15.8 Å². The molecular formula is C44H63N3O6. The summed E-state index contributed by atoms with van der Waals surface area (Å²) in [6, 6.07) is 9.55. The van der Waals surface area contributed by atoms with Gasteiger partial charge in [0, 0.05) is 54.7 Å². The second kappa shape index (κ2) is 16.7. The molecule has 0 radical (unpaired) electrons. The van der Waals surface area contributed by atoms with Crippen molar-refractivity contribution < 1.29 is 29.6 Å².